The number of aromatic nitrogens is 1. The number of likely N-dealkylation sites (N-methyl/N-ethyl adjacent to an activating group) is 1. The van der Waals surface area contributed by atoms with E-state index in [-0.39, 0.29) is 24.8 Å². The zero-order valence-electron chi connectivity index (χ0n) is 16.6. The Labute approximate surface area is 179 Å². The Morgan fingerprint density at radius 1 is 1.14 bits per heavy atom. The van der Waals surface area contributed by atoms with E-state index in [0.29, 0.717) is 0 Å². The van der Waals surface area contributed by atoms with Crippen molar-refractivity contribution in [3.63, 3.8) is 0 Å². The van der Waals surface area contributed by atoms with Gasteiger partial charge in [-0.1, -0.05) is 42.0 Å². The third-order valence-corrected chi connectivity index (χ3v) is 6.11. The number of hydrogen-bond donors (Lipinski definition) is 1. The van der Waals surface area contributed by atoms with Gasteiger partial charge >= 0.3 is 0 Å². The number of rotatable bonds is 7. The molecule has 29 heavy (non-hydrogen) atoms. The van der Waals surface area contributed by atoms with E-state index in [9.17, 15) is 9.59 Å². The van der Waals surface area contributed by atoms with Crippen molar-refractivity contribution in [2.75, 3.05) is 25.2 Å². The van der Waals surface area contributed by atoms with Crippen LogP contribution in [0.25, 0.3) is 10.6 Å². The first-order valence-corrected chi connectivity index (χ1v) is 11.2. The number of aryl methyl sites for hydroxylation is 1. The maximum absolute atomic E-state index is 12.5. The highest BCUT2D eigenvalue weighted by Crippen LogP contribution is 2.25. The highest BCUT2D eigenvalue weighted by atomic mass is 32.2. The first kappa shape index (κ1) is 21.1. The van der Waals surface area contributed by atoms with Crippen LogP contribution in [0.5, 0.6) is 0 Å². The largest absolute Gasteiger partial charge is 0.336 e. The average Bonchev–Trinajstić information content (AvgIpc) is 3.17. The predicted octanol–water partition coefficient (Wildman–Crippen LogP) is 4.48. The fourth-order valence-corrected chi connectivity index (χ4v) is 4.13. The molecule has 0 spiro atoms. The predicted molar refractivity (Wildman–Crippen MR) is 120 cm³/mol. The third-order valence-electron chi connectivity index (χ3n) is 4.37. The zero-order valence-corrected chi connectivity index (χ0v) is 18.3. The summed E-state index contributed by atoms with van der Waals surface area (Å²) in [5, 5.41) is 5.66. The zero-order chi connectivity index (χ0) is 20.8. The van der Waals surface area contributed by atoms with E-state index < -0.39 is 0 Å². The Morgan fingerprint density at radius 2 is 1.86 bits per heavy atom. The molecule has 0 aliphatic heterocycles. The van der Waals surface area contributed by atoms with Crippen LogP contribution in [0, 0.1) is 6.92 Å². The van der Waals surface area contributed by atoms with Gasteiger partial charge in [-0.05, 0) is 25.3 Å². The van der Waals surface area contributed by atoms with Gasteiger partial charge in [-0.15, -0.1) is 23.1 Å². The molecule has 1 N–H and O–H groups in total. The van der Waals surface area contributed by atoms with E-state index in [2.05, 4.69) is 10.3 Å². The Morgan fingerprint density at radius 3 is 2.59 bits per heavy atom. The number of thioether (sulfide) groups is 1. The average molecular weight is 426 g/mol. The molecular formula is C22H23N3O2S2. The third kappa shape index (κ3) is 5.68. The summed E-state index contributed by atoms with van der Waals surface area (Å²) in [7, 11) is 1.63. The summed E-state index contributed by atoms with van der Waals surface area (Å²) >= 11 is 3.08. The lowest BCUT2D eigenvalue weighted by Gasteiger charge is -2.17. The first-order valence-electron chi connectivity index (χ1n) is 9.14. The van der Waals surface area contributed by atoms with Gasteiger partial charge in [0, 0.05) is 22.9 Å². The number of carbonyl (C=O) groups excluding carboxylic acids is 2. The molecule has 0 aliphatic carbocycles. The molecule has 0 saturated carbocycles. The number of benzene rings is 2. The van der Waals surface area contributed by atoms with E-state index in [4.69, 9.17) is 0 Å². The SMILES string of the molecule is CSc1ccccc1NC(=O)CN(C)C(=O)Cc1csc(-c2ccc(C)cc2)n1. The molecule has 3 aromatic rings. The molecular weight excluding hydrogens is 402 g/mol. The maximum Gasteiger partial charge on any atom is 0.244 e. The molecule has 150 valence electrons. The van der Waals surface area contributed by atoms with Gasteiger partial charge in [0.1, 0.15) is 5.01 Å². The van der Waals surface area contributed by atoms with Gasteiger partial charge in [-0.2, -0.15) is 0 Å². The summed E-state index contributed by atoms with van der Waals surface area (Å²) in [5.41, 5.74) is 3.71. The molecule has 3 rings (SSSR count). The van der Waals surface area contributed by atoms with Gasteiger partial charge in [0.25, 0.3) is 0 Å². The number of nitrogens with one attached hydrogen (secondary N) is 1. The molecule has 0 aliphatic rings. The quantitative estimate of drug-likeness (QED) is 0.567. The molecule has 0 radical (unpaired) electrons. The number of para-hydroxylation sites is 1. The van der Waals surface area contributed by atoms with Crippen molar-refractivity contribution in [1.29, 1.82) is 0 Å². The number of thiazole rings is 1. The smallest absolute Gasteiger partial charge is 0.244 e. The second-order valence-electron chi connectivity index (χ2n) is 6.69. The summed E-state index contributed by atoms with van der Waals surface area (Å²) in [5.74, 6) is -0.361. The van der Waals surface area contributed by atoms with E-state index in [0.717, 1.165) is 26.8 Å². The summed E-state index contributed by atoms with van der Waals surface area (Å²) in [6.07, 6.45) is 2.13. The lowest BCUT2D eigenvalue weighted by molar-refractivity contribution is -0.132. The van der Waals surface area contributed by atoms with Gasteiger partial charge in [0.2, 0.25) is 11.8 Å². The van der Waals surface area contributed by atoms with Crippen molar-refractivity contribution in [1.82, 2.24) is 9.88 Å². The molecule has 0 atom stereocenters. The lowest BCUT2D eigenvalue weighted by Crippen LogP contribution is -2.35. The van der Waals surface area contributed by atoms with Crippen molar-refractivity contribution < 1.29 is 9.59 Å². The molecule has 0 saturated heterocycles. The van der Waals surface area contributed by atoms with E-state index in [1.54, 1.807) is 18.8 Å². The topological polar surface area (TPSA) is 62.3 Å². The Hall–Kier alpha value is -2.64. The first-order chi connectivity index (χ1) is 14.0. The molecule has 7 heteroatoms. The van der Waals surface area contributed by atoms with E-state index in [1.807, 2.05) is 67.1 Å². The van der Waals surface area contributed by atoms with Crippen LogP contribution < -0.4 is 5.32 Å². The van der Waals surface area contributed by atoms with E-state index >= 15 is 0 Å². The second-order valence-corrected chi connectivity index (χ2v) is 8.39. The van der Waals surface area contributed by atoms with Gasteiger partial charge < -0.3 is 10.2 Å². The van der Waals surface area contributed by atoms with Crippen molar-refractivity contribution in [3.05, 3.63) is 65.2 Å². The van der Waals surface area contributed by atoms with Crippen molar-refractivity contribution in [2.24, 2.45) is 0 Å². The van der Waals surface area contributed by atoms with Crippen LogP contribution in [0.2, 0.25) is 0 Å². The Bertz CT molecular complexity index is 999. The summed E-state index contributed by atoms with van der Waals surface area (Å²) in [6.45, 7) is 2.04. The van der Waals surface area contributed by atoms with E-state index in [1.165, 1.54) is 21.8 Å². The molecule has 0 bridgehead atoms. The molecule has 2 amide bonds. The van der Waals surface area contributed by atoms with Crippen LogP contribution in [-0.2, 0) is 16.0 Å². The van der Waals surface area contributed by atoms with Crippen LogP contribution in [0.1, 0.15) is 11.3 Å². The number of hydrogen-bond acceptors (Lipinski definition) is 5. The van der Waals surface area contributed by atoms with Gasteiger partial charge in [-0.3, -0.25) is 9.59 Å². The number of anilines is 1. The summed E-state index contributed by atoms with van der Waals surface area (Å²) in [6, 6.07) is 15.8. The summed E-state index contributed by atoms with van der Waals surface area (Å²) < 4.78 is 0. The van der Waals surface area contributed by atoms with Crippen LogP contribution in [0.15, 0.2) is 58.8 Å². The van der Waals surface area contributed by atoms with Crippen LogP contribution >= 0.6 is 23.1 Å². The standard InChI is InChI=1S/C22H23N3O2S2/c1-15-8-10-16(11-9-15)22-23-17(14-29-22)12-21(27)25(2)13-20(26)24-18-6-4-5-7-19(18)28-3/h4-11,14H,12-13H2,1-3H3,(H,24,26). The van der Waals surface area contributed by atoms with Crippen molar-refractivity contribution in [3.8, 4) is 10.6 Å². The van der Waals surface area contributed by atoms with Gasteiger partial charge in [0.15, 0.2) is 0 Å². The Balaban J connectivity index is 1.56. The minimum absolute atomic E-state index is 0.00347. The fourth-order valence-electron chi connectivity index (χ4n) is 2.75. The second kappa shape index (κ2) is 9.71. The van der Waals surface area contributed by atoms with Crippen LogP contribution in [0.4, 0.5) is 5.69 Å². The highest BCUT2D eigenvalue weighted by Gasteiger charge is 2.16. The molecule has 1 heterocycles. The monoisotopic (exact) mass is 425 g/mol. The van der Waals surface area contributed by atoms with Gasteiger partial charge in [-0.25, -0.2) is 4.98 Å². The highest BCUT2D eigenvalue weighted by molar-refractivity contribution is 7.98. The summed E-state index contributed by atoms with van der Waals surface area (Å²) in [4.78, 5) is 31.8. The minimum Gasteiger partial charge on any atom is -0.336 e. The fraction of sp³-hybridized carbons (Fsp3) is 0.227. The normalized spacial score (nSPS) is 10.6. The van der Waals surface area contributed by atoms with Gasteiger partial charge in [0.05, 0.1) is 24.3 Å². The molecule has 0 unspecified atom stereocenters. The number of amides is 2. The molecule has 5 nitrogen and oxygen atoms in total. The maximum atomic E-state index is 12.5. The molecule has 0 fully saturated rings. The molecule has 2 aromatic carbocycles. The number of carbonyl (C=O) groups is 2. The molecule has 1 aromatic heterocycles. The minimum atomic E-state index is -0.221. The lowest BCUT2D eigenvalue weighted by atomic mass is 10.2. The Kier molecular flexibility index (Phi) is 7.06. The number of nitrogens with zero attached hydrogens (tertiary/aromatic N) is 2. The van der Waals surface area contributed by atoms with Crippen molar-refractivity contribution in [2.45, 2.75) is 18.2 Å². The van der Waals surface area contributed by atoms with Crippen LogP contribution in [-0.4, -0.2) is 41.5 Å². The van der Waals surface area contributed by atoms with Crippen LogP contribution in [0.3, 0.4) is 0 Å². The van der Waals surface area contributed by atoms with Crippen molar-refractivity contribution >= 4 is 40.6 Å².